The van der Waals surface area contributed by atoms with Gasteiger partial charge in [0.1, 0.15) is 5.60 Å². The number of carbonyl (C=O) groups excluding carboxylic acids is 1. The molecule has 0 aromatic carbocycles. The van der Waals surface area contributed by atoms with Crippen molar-refractivity contribution >= 4 is 5.97 Å². The van der Waals surface area contributed by atoms with Crippen LogP contribution in [0.2, 0.25) is 0 Å². The summed E-state index contributed by atoms with van der Waals surface area (Å²) in [5.41, 5.74) is -0.365. The highest BCUT2D eigenvalue weighted by Gasteiger charge is 2.39. The van der Waals surface area contributed by atoms with Crippen molar-refractivity contribution in [1.82, 2.24) is 0 Å². The molecular weight excluding hydrogens is 272 g/mol. The Morgan fingerprint density at radius 2 is 1.90 bits per heavy atom. The van der Waals surface area contributed by atoms with E-state index >= 15 is 0 Å². The van der Waals surface area contributed by atoms with Crippen molar-refractivity contribution in [3.05, 3.63) is 0 Å². The average Bonchev–Trinajstić information content (AvgIpc) is 2.61. The molecule has 1 saturated heterocycles. The molecule has 1 aliphatic rings. The molecule has 0 saturated carbocycles. The van der Waals surface area contributed by atoms with Crippen LogP contribution in [-0.4, -0.2) is 31.1 Å². The molecule has 0 N–H and O–H groups in total. The molecule has 0 radical (unpaired) electrons. The molecule has 124 valence electrons. The largest absolute Gasteiger partial charge is 0.469 e. The van der Waals surface area contributed by atoms with Gasteiger partial charge in [0.15, 0.2) is 0 Å². The Bertz CT molecular complexity index is 316. The van der Waals surface area contributed by atoms with Crippen molar-refractivity contribution in [2.45, 2.75) is 83.5 Å². The molecular formula is C16H30O5. The van der Waals surface area contributed by atoms with E-state index in [0.717, 1.165) is 25.7 Å². The van der Waals surface area contributed by atoms with Crippen LogP contribution in [0.25, 0.3) is 0 Å². The van der Waals surface area contributed by atoms with E-state index in [-0.39, 0.29) is 18.0 Å². The monoisotopic (exact) mass is 302 g/mol. The number of hydrogen-bond donors (Lipinski definition) is 0. The SMILES string of the molecule is CCCCCCC1(CCC(=O)OC)OCCC(C)(C)OO1. The lowest BCUT2D eigenvalue weighted by atomic mass is 10.0. The number of hydrogen-bond acceptors (Lipinski definition) is 5. The fraction of sp³-hybridized carbons (Fsp3) is 0.938. The minimum Gasteiger partial charge on any atom is -0.469 e. The first-order valence-electron chi connectivity index (χ1n) is 8.01. The standard InChI is InChI=1S/C16H30O5/c1-5-6-7-8-10-16(11-9-14(17)18-4)19-13-12-15(2,3)20-21-16/h5-13H2,1-4H3. The van der Waals surface area contributed by atoms with Gasteiger partial charge < -0.3 is 9.47 Å². The topological polar surface area (TPSA) is 54.0 Å². The zero-order valence-corrected chi connectivity index (χ0v) is 13.9. The molecule has 1 heterocycles. The third kappa shape index (κ3) is 6.76. The van der Waals surface area contributed by atoms with Crippen LogP contribution in [0, 0.1) is 0 Å². The van der Waals surface area contributed by atoms with Gasteiger partial charge in [0.2, 0.25) is 5.79 Å². The van der Waals surface area contributed by atoms with Crippen LogP contribution in [-0.2, 0) is 24.0 Å². The van der Waals surface area contributed by atoms with Gasteiger partial charge in [0.05, 0.1) is 20.1 Å². The molecule has 0 spiro atoms. The summed E-state index contributed by atoms with van der Waals surface area (Å²) in [5.74, 6) is -1.07. The normalized spacial score (nSPS) is 25.3. The first kappa shape index (κ1) is 18.4. The lowest BCUT2D eigenvalue weighted by molar-refractivity contribution is -0.447. The van der Waals surface area contributed by atoms with Gasteiger partial charge in [-0.1, -0.05) is 26.2 Å². The van der Waals surface area contributed by atoms with Crippen molar-refractivity contribution in [3.63, 3.8) is 0 Å². The molecule has 5 heteroatoms. The van der Waals surface area contributed by atoms with Gasteiger partial charge in [0, 0.05) is 19.3 Å². The second-order valence-corrected chi connectivity index (χ2v) is 6.32. The zero-order chi connectivity index (χ0) is 15.8. The van der Waals surface area contributed by atoms with Gasteiger partial charge in [-0.2, -0.15) is 0 Å². The van der Waals surface area contributed by atoms with E-state index in [4.69, 9.17) is 19.2 Å². The Morgan fingerprint density at radius 1 is 1.14 bits per heavy atom. The smallest absolute Gasteiger partial charge is 0.305 e. The van der Waals surface area contributed by atoms with E-state index in [0.29, 0.717) is 13.0 Å². The van der Waals surface area contributed by atoms with Gasteiger partial charge in [0.25, 0.3) is 0 Å². The Kier molecular flexibility index (Phi) is 7.63. The summed E-state index contributed by atoms with van der Waals surface area (Å²) in [6.45, 7) is 6.70. The molecule has 0 aliphatic carbocycles. The van der Waals surface area contributed by atoms with Crippen molar-refractivity contribution in [1.29, 1.82) is 0 Å². The van der Waals surface area contributed by atoms with Crippen LogP contribution in [0.15, 0.2) is 0 Å². The number of methoxy groups -OCH3 is 1. The fourth-order valence-electron chi connectivity index (χ4n) is 2.31. The summed E-state index contributed by atoms with van der Waals surface area (Å²) in [6, 6.07) is 0. The predicted molar refractivity (Wildman–Crippen MR) is 79.6 cm³/mol. The maximum absolute atomic E-state index is 11.4. The first-order valence-corrected chi connectivity index (χ1v) is 8.01. The number of unbranched alkanes of at least 4 members (excludes halogenated alkanes) is 3. The molecule has 0 aromatic rings. The van der Waals surface area contributed by atoms with E-state index in [9.17, 15) is 4.79 Å². The second kappa shape index (κ2) is 8.71. The second-order valence-electron chi connectivity index (χ2n) is 6.32. The highest BCUT2D eigenvalue weighted by molar-refractivity contribution is 5.69. The lowest BCUT2D eigenvalue weighted by Crippen LogP contribution is -2.36. The van der Waals surface area contributed by atoms with E-state index in [1.807, 2.05) is 13.8 Å². The summed E-state index contributed by atoms with van der Waals surface area (Å²) in [4.78, 5) is 22.6. The van der Waals surface area contributed by atoms with Gasteiger partial charge in [-0.3, -0.25) is 4.79 Å². The minimum absolute atomic E-state index is 0.251. The zero-order valence-electron chi connectivity index (χ0n) is 13.9. The summed E-state index contributed by atoms with van der Waals surface area (Å²) in [6.07, 6.45) is 6.74. The molecule has 0 bridgehead atoms. The summed E-state index contributed by atoms with van der Waals surface area (Å²) in [7, 11) is 1.39. The van der Waals surface area contributed by atoms with Gasteiger partial charge >= 0.3 is 5.97 Å². The Morgan fingerprint density at radius 3 is 2.57 bits per heavy atom. The average molecular weight is 302 g/mol. The molecule has 21 heavy (non-hydrogen) atoms. The highest BCUT2D eigenvalue weighted by atomic mass is 17.2. The number of carbonyl (C=O) groups is 1. The van der Waals surface area contributed by atoms with Crippen LogP contribution >= 0.6 is 0 Å². The van der Waals surface area contributed by atoms with E-state index in [1.165, 1.54) is 20.0 Å². The van der Waals surface area contributed by atoms with Gasteiger partial charge in [-0.25, -0.2) is 9.78 Å². The molecule has 1 unspecified atom stereocenters. The maximum atomic E-state index is 11.4. The molecule has 0 amide bonds. The van der Waals surface area contributed by atoms with Crippen LogP contribution < -0.4 is 0 Å². The molecule has 1 atom stereocenters. The molecule has 1 aliphatic heterocycles. The van der Waals surface area contributed by atoms with Crippen LogP contribution in [0.1, 0.15) is 72.1 Å². The van der Waals surface area contributed by atoms with Crippen molar-refractivity contribution in [3.8, 4) is 0 Å². The first-order chi connectivity index (χ1) is 9.93. The van der Waals surface area contributed by atoms with E-state index in [1.54, 1.807) is 0 Å². The summed E-state index contributed by atoms with van der Waals surface area (Å²) in [5, 5.41) is 0. The third-order valence-corrected chi connectivity index (χ3v) is 3.84. The lowest BCUT2D eigenvalue weighted by Gasteiger charge is -2.31. The maximum Gasteiger partial charge on any atom is 0.305 e. The Labute approximate surface area is 128 Å². The van der Waals surface area contributed by atoms with Crippen LogP contribution in [0.5, 0.6) is 0 Å². The predicted octanol–water partition coefficient (Wildman–Crippen LogP) is 3.75. The van der Waals surface area contributed by atoms with E-state index < -0.39 is 5.79 Å². The molecule has 5 nitrogen and oxygen atoms in total. The minimum atomic E-state index is -0.824. The third-order valence-electron chi connectivity index (χ3n) is 3.84. The fourth-order valence-corrected chi connectivity index (χ4v) is 2.31. The Balaban J connectivity index is 2.61. The molecule has 1 rings (SSSR count). The highest BCUT2D eigenvalue weighted by Crippen LogP contribution is 2.33. The molecule has 1 fully saturated rings. The van der Waals surface area contributed by atoms with Crippen molar-refractivity contribution in [2.75, 3.05) is 13.7 Å². The van der Waals surface area contributed by atoms with E-state index in [2.05, 4.69) is 6.92 Å². The summed E-state index contributed by atoms with van der Waals surface area (Å²) >= 11 is 0. The van der Waals surface area contributed by atoms with Crippen LogP contribution in [0.4, 0.5) is 0 Å². The van der Waals surface area contributed by atoms with Crippen molar-refractivity contribution < 1.29 is 24.0 Å². The number of rotatable bonds is 8. The van der Waals surface area contributed by atoms with Crippen LogP contribution in [0.3, 0.4) is 0 Å². The van der Waals surface area contributed by atoms with Gasteiger partial charge in [-0.15, -0.1) is 0 Å². The number of ether oxygens (including phenoxy) is 2. The van der Waals surface area contributed by atoms with Gasteiger partial charge in [-0.05, 0) is 20.3 Å². The molecule has 0 aromatic heterocycles. The Hall–Kier alpha value is -0.650. The quantitative estimate of drug-likeness (QED) is 0.388. The summed E-state index contributed by atoms with van der Waals surface area (Å²) < 4.78 is 10.7. The van der Waals surface area contributed by atoms with Crippen molar-refractivity contribution in [2.24, 2.45) is 0 Å². The number of esters is 1.